The molecule has 0 radical (unpaired) electrons. The molecule has 5 rings (SSSR count). The molecule has 2 nitrogen and oxygen atoms in total. The smallest absolute Gasteiger partial charge is 0.0802 e. The van der Waals surface area contributed by atoms with Gasteiger partial charge in [0.05, 0.1) is 21.1 Å². The van der Waals surface area contributed by atoms with Crippen LogP contribution in [-0.2, 0) is 0 Å². The highest BCUT2D eigenvalue weighted by Gasteiger charge is 2.10. The van der Waals surface area contributed by atoms with Crippen molar-refractivity contribution in [3.05, 3.63) is 72.1 Å². The van der Waals surface area contributed by atoms with Gasteiger partial charge in [-0.05, 0) is 72.1 Å². The minimum absolute atomic E-state index is 1.05. The molecule has 0 amide bonds. The first kappa shape index (κ1) is 15.7. The van der Waals surface area contributed by atoms with Gasteiger partial charge in [0, 0.05) is 21.8 Å². The Morgan fingerprint density at radius 2 is 1.12 bits per heavy atom. The molecule has 0 aliphatic rings. The standard InChI is InChI=1S/C22H16N2S2/c1-13-3-5-17(23-11-13)21-8-15-7-16-9-22(18-6-4-14(2)12-24-18)26-20(16)10-19(15)25-21/h3-12H,1-2H3. The highest BCUT2D eigenvalue weighted by Crippen LogP contribution is 2.39. The van der Waals surface area contributed by atoms with E-state index in [1.807, 2.05) is 12.4 Å². The summed E-state index contributed by atoms with van der Waals surface area (Å²) in [5.74, 6) is 0. The summed E-state index contributed by atoms with van der Waals surface area (Å²) in [5.41, 5.74) is 4.47. The van der Waals surface area contributed by atoms with Crippen LogP contribution in [0.1, 0.15) is 11.1 Å². The highest BCUT2D eigenvalue weighted by molar-refractivity contribution is 7.24. The van der Waals surface area contributed by atoms with Gasteiger partial charge in [0.1, 0.15) is 0 Å². The predicted molar refractivity (Wildman–Crippen MR) is 113 cm³/mol. The summed E-state index contributed by atoms with van der Waals surface area (Å²) in [7, 11) is 0. The molecule has 4 heterocycles. The first-order valence-corrected chi connectivity index (χ1v) is 10.1. The number of rotatable bonds is 2. The summed E-state index contributed by atoms with van der Waals surface area (Å²) in [4.78, 5) is 11.6. The van der Waals surface area contributed by atoms with Gasteiger partial charge in [-0.2, -0.15) is 0 Å². The Morgan fingerprint density at radius 3 is 1.54 bits per heavy atom. The Bertz CT molecular complexity index is 1080. The van der Waals surface area contributed by atoms with E-state index in [4.69, 9.17) is 0 Å². The summed E-state index contributed by atoms with van der Waals surface area (Å²) in [6, 6.07) is 17.5. The van der Waals surface area contributed by atoms with Crippen LogP contribution in [0.5, 0.6) is 0 Å². The Labute approximate surface area is 159 Å². The van der Waals surface area contributed by atoms with Gasteiger partial charge in [0.2, 0.25) is 0 Å². The Hall–Kier alpha value is -2.56. The van der Waals surface area contributed by atoms with Gasteiger partial charge in [0.25, 0.3) is 0 Å². The minimum atomic E-state index is 1.05. The van der Waals surface area contributed by atoms with E-state index in [9.17, 15) is 0 Å². The lowest BCUT2D eigenvalue weighted by Gasteiger charge is -1.96. The first-order valence-electron chi connectivity index (χ1n) is 8.49. The predicted octanol–water partition coefficient (Wildman–Crippen LogP) is 6.86. The maximum absolute atomic E-state index is 4.57. The fourth-order valence-electron chi connectivity index (χ4n) is 3.06. The Kier molecular flexibility index (Phi) is 3.62. The molecule has 0 fully saturated rings. The summed E-state index contributed by atoms with van der Waals surface area (Å²) < 4.78 is 2.61. The monoisotopic (exact) mass is 372 g/mol. The van der Waals surface area contributed by atoms with Gasteiger partial charge in [-0.3, -0.25) is 9.97 Å². The van der Waals surface area contributed by atoms with Crippen molar-refractivity contribution >= 4 is 42.8 Å². The summed E-state index contributed by atoms with van der Waals surface area (Å²) in [6.45, 7) is 4.13. The van der Waals surface area contributed by atoms with Crippen LogP contribution in [0.4, 0.5) is 0 Å². The molecule has 0 spiro atoms. The topological polar surface area (TPSA) is 25.8 Å². The van der Waals surface area contributed by atoms with Crippen molar-refractivity contribution in [3.8, 4) is 21.1 Å². The first-order chi connectivity index (χ1) is 12.7. The van der Waals surface area contributed by atoms with Crippen molar-refractivity contribution in [3.63, 3.8) is 0 Å². The average Bonchev–Trinajstić information content (AvgIpc) is 3.23. The van der Waals surface area contributed by atoms with E-state index in [0.29, 0.717) is 0 Å². The van der Waals surface area contributed by atoms with Crippen molar-refractivity contribution in [1.29, 1.82) is 0 Å². The van der Waals surface area contributed by atoms with Crippen LogP contribution in [-0.4, -0.2) is 9.97 Å². The quantitative estimate of drug-likeness (QED) is 0.338. The van der Waals surface area contributed by atoms with Gasteiger partial charge in [-0.15, -0.1) is 22.7 Å². The lowest BCUT2D eigenvalue weighted by atomic mass is 10.1. The van der Waals surface area contributed by atoms with Crippen LogP contribution in [0.15, 0.2) is 60.9 Å². The lowest BCUT2D eigenvalue weighted by Crippen LogP contribution is -1.80. The number of pyridine rings is 2. The molecule has 0 aliphatic heterocycles. The molecule has 4 aromatic heterocycles. The number of hydrogen-bond donors (Lipinski definition) is 0. The Morgan fingerprint density at radius 1 is 0.615 bits per heavy atom. The van der Waals surface area contributed by atoms with Crippen LogP contribution in [0.2, 0.25) is 0 Å². The van der Waals surface area contributed by atoms with Crippen LogP contribution in [0, 0.1) is 13.8 Å². The van der Waals surface area contributed by atoms with Crippen LogP contribution in [0.3, 0.4) is 0 Å². The number of benzene rings is 1. The molecule has 0 unspecified atom stereocenters. The fourth-order valence-corrected chi connectivity index (χ4v) is 5.25. The summed E-state index contributed by atoms with van der Waals surface area (Å²) >= 11 is 3.61. The van der Waals surface area contributed by atoms with E-state index in [1.165, 1.54) is 41.1 Å². The number of nitrogens with zero attached hydrogens (tertiary/aromatic N) is 2. The zero-order chi connectivity index (χ0) is 17.7. The number of aryl methyl sites for hydroxylation is 2. The van der Waals surface area contributed by atoms with Crippen molar-refractivity contribution in [1.82, 2.24) is 9.97 Å². The summed E-state index contributed by atoms with van der Waals surface area (Å²) in [6.07, 6.45) is 3.86. The van der Waals surface area contributed by atoms with Crippen molar-refractivity contribution in [2.24, 2.45) is 0 Å². The normalized spacial score (nSPS) is 11.5. The molecule has 126 valence electrons. The van der Waals surface area contributed by atoms with Crippen molar-refractivity contribution in [2.75, 3.05) is 0 Å². The molecule has 5 aromatic rings. The third-order valence-electron chi connectivity index (χ3n) is 4.48. The minimum Gasteiger partial charge on any atom is -0.255 e. The molecule has 0 atom stereocenters. The number of hydrogen-bond acceptors (Lipinski definition) is 4. The van der Waals surface area contributed by atoms with E-state index in [1.54, 1.807) is 22.7 Å². The van der Waals surface area contributed by atoms with E-state index < -0.39 is 0 Å². The maximum atomic E-state index is 4.57. The number of fused-ring (bicyclic) bond motifs is 2. The van der Waals surface area contributed by atoms with E-state index in [0.717, 1.165) is 11.4 Å². The number of thiophene rings is 2. The third-order valence-corrected chi connectivity index (χ3v) is 6.72. The van der Waals surface area contributed by atoms with Gasteiger partial charge in [0.15, 0.2) is 0 Å². The van der Waals surface area contributed by atoms with Crippen molar-refractivity contribution < 1.29 is 0 Å². The summed E-state index contributed by atoms with van der Waals surface area (Å²) in [5, 5.41) is 2.56. The molecule has 0 saturated heterocycles. The second-order valence-corrected chi connectivity index (χ2v) is 8.76. The van der Waals surface area contributed by atoms with Crippen LogP contribution in [0.25, 0.3) is 41.3 Å². The van der Waals surface area contributed by atoms with Gasteiger partial charge in [-0.1, -0.05) is 12.1 Å². The highest BCUT2D eigenvalue weighted by atomic mass is 32.1. The van der Waals surface area contributed by atoms with E-state index in [-0.39, 0.29) is 0 Å². The zero-order valence-corrected chi connectivity index (χ0v) is 16.1. The molecule has 4 heteroatoms. The SMILES string of the molecule is Cc1ccc(-c2cc3cc4cc(-c5ccc(C)cn5)sc4cc3s2)nc1. The second kappa shape index (κ2) is 6.01. The third kappa shape index (κ3) is 2.71. The van der Waals surface area contributed by atoms with Gasteiger partial charge in [-0.25, -0.2) is 0 Å². The van der Waals surface area contributed by atoms with E-state index >= 15 is 0 Å². The van der Waals surface area contributed by atoms with Gasteiger partial charge >= 0.3 is 0 Å². The molecular weight excluding hydrogens is 356 g/mol. The fraction of sp³-hybridized carbons (Fsp3) is 0.0909. The largest absolute Gasteiger partial charge is 0.255 e. The molecule has 0 saturated carbocycles. The van der Waals surface area contributed by atoms with Gasteiger partial charge < -0.3 is 0 Å². The number of aromatic nitrogens is 2. The molecule has 0 N–H and O–H groups in total. The average molecular weight is 373 g/mol. The molecule has 0 aliphatic carbocycles. The van der Waals surface area contributed by atoms with Crippen LogP contribution < -0.4 is 0 Å². The second-order valence-electron chi connectivity index (χ2n) is 6.59. The van der Waals surface area contributed by atoms with Crippen LogP contribution >= 0.6 is 22.7 Å². The Balaban J connectivity index is 1.60. The molecule has 26 heavy (non-hydrogen) atoms. The molecule has 0 bridgehead atoms. The lowest BCUT2D eigenvalue weighted by molar-refractivity contribution is 1.28. The molecule has 1 aromatic carbocycles. The van der Waals surface area contributed by atoms with E-state index in [2.05, 4.69) is 72.3 Å². The van der Waals surface area contributed by atoms with Crippen molar-refractivity contribution in [2.45, 2.75) is 13.8 Å². The zero-order valence-electron chi connectivity index (χ0n) is 14.5. The molecular formula is C22H16N2S2. The maximum Gasteiger partial charge on any atom is 0.0802 e.